The molecule has 0 radical (unpaired) electrons. The molecule has 0 aliphatic rings. The van der Waals surface area contributed by atoms with Crippen molar-refractivity contribution >= 4 is 6.41 Å². The Hall–Kier alpha value is -0.211. The molecule has 0 saturated heterocycles. The van der Waals surface area contributed by atoms with E-state index in [1.165, 1.54) is 0 Å². The first-order valence-corrected chi connectivity index (χ1v) is 0.610. The molecule has 0 unspecified atom stereocenters. The van der Waals surface area contributed by atoms with Crippen LogP contribution in [0.2, 0.25) is 0 Å². The van der Waals surface area contributed by atoms with Crippen LogP contribution in [0.25, 0.3) is 0 Å². The van der Waals surface area contributed by atoms with E-state index < -0.39 is 0 Å². The van der Waals surface area contributed by atoms with Crippen LogP contribution in [-0.4, -0.2) is 6.41 Å². The molecule has 0 aliphatic carbocycles. The molecule has 30 valence electrons. The molecule has 0 aromatic heterocycles. The van der Waals surface area contributed by atoms with E-state index in [-0.39, 0.29) is 17.1 Å². The maximum absolute atomic E-state index is 8.57. The molecule has 5 heavy (non-hydrogen) atoms. The number of hydrogen-bond acceptors (Lipinski definition) is 2. The summed E-state index contributed by atoms with van der Waals surface area (Å²) in [5.74, 6) is 0. The molecule has 0 saturated carbocycles. The Labute approximate surface area is 39.2 Å². The van der Waals surface area contributed by atoms with Crippen LogP contribution in [0.3, 0.4) is 0 Å². The summed E-state index contributed by atoms with van der Waals surface area (Å²) in [6, 6.07) is 0. The molecular weight excluding hydrogens is 114 g/mol. The summed E-state index contributed by atoms with van der Waals surface area (Å²) in [7, 11) is 0. The van der Waals surface area contributed by atoms with Crippen molar-refractivity contribution in [2.24, 2.45) is 5.18 Å². The van der Waals surface area contributed by atoms with E-state index in [1.807, 2.05) is 0 Å². The standard InChI is InChI=1S/CNO2.Fe/c3-1-2-4;/q-1;. The second-order valence-corrected chi connectivity index (χ2v) is 0.183. The van der Waals surface area contributed by atoms with Crippen molar-refractivity contribution in [3.05, 3.63) is 4.91 Å². The minimum atomic E-state index is 0. The fraction of sp³-hybridized carbons (Fsp3) is 0. The normalized spacial score (nSPS) is 4.00. The Morgan fingerprint density at radius 2 is 1.80 bits per heavy atom. The Morgan fingerprint density at radius 3 is 1.80 bits per heavy atom. The third-order valence-corrected chi connectivity index (χ3v) is 0.0373. The zero-order chi connectivity index (χ0) is 3.41. The minimum Gasteiger partial charge on any atom is -0.514 e. The van der Waals surface area contributed by atoms with Gasteiger partial charge in [-0.05, 0) is 0 Å². The largest absolute Gasteiger partial charge is 0.514 e. The summed E-state index contributed by atoms with van der Waals surface area (Å²) in [5.41, 5.74) is 0. The summed E-state index contributed by atoms with van der Waals surface area (Å²) >= 11 is 0. The van der Waals surface area contributed by atoms with Crippen LogP contribution in [0.15, 0.2) is 5.18 Å². The van der Waals surface area contributed by atoms with Crippen molar-refractivity contribution in [3.8, 4) is 0 Å². The van der Waals surface area contributed by atoms with E-state index >= 15 is 0 Å². The van der Waals surface area contributed by atoms with Crippen LogP contribution < -0.4 is 0 Å². The van der Waals surface area contributed by atoms with Gasteiger partial charge in [-0.3, -0.25) is 0 Å². The number of hydrogen-bond donors (Lipinski definition) is 0. The second kappa shape index (κ2) is 9.21. The molecular formula is CFeNO2-. The summed E-state index contributed by atoms with van der Waals surface area (Å²) in [6.45, 7) is 0. The Morgan fingerprint density at radius 1 is 1.60 bits per heavy atom. The molecule has 1 amide bonds. The first-order chi connectivity index (χ1) is 1.91. The first-order valence-electron chi connectivity index (χ1n) is 0.610. The van der Waals surface area contributed by atoms with E-state index in [2.05, 4.69) is 0 Å². The maximum atomic E-state index is 8.57. The number of nitrogens with zero attached hydrogens (tertiary/aromatic N) is 1. The van der Waals surface area contributed by atoms with Gasteiger partial charge in [-0.25, -0.2) is 5.18 Å². The van der Waals surface area contributed by atoms with Gasteiger partial charge in [-0.15, -0.1) is 0 Å². The van der Waals surface area contributed by atoms with E-state index in [9.17, 15) is 0 Å². The number of rotatable bonds is 1. The number of nitroso groups, excluding NO2 is 1. The van der Waals surface area contributed by atoms with Gasteiger partial charge in [0, 0.05) is 17.1 Å². The average Bonchev–Trinajstić information content (AvgIpc) is 1.37. The van der Waals surface area contributed by atoms with Crippen LogP contribution >= 0.6 is 0 Å². The van der Waals surface area contributed by atoms with Crippen LogP contribution in [0.1, 0.15) is 0 Å². The smallest absolute Gasteiger partial charge is 0 e. The zero-order valence-electron chi connectivity index (χ0n) is 2.12. The van der Waals surface area contributed by atoms with Gasteiger partial charge in [-0.1, -0.05) is 6.41 Å². The predicted octanol–water partition coefficient (Wildman–Crippen LogP) is -0.182. The van der Waals surface area contributed by atoms with Crippen molar-refractivity contribution in [3.63, 3.8) is 0 Å². The zero-order valence-corrected chi connectivity index (χ0v) is 3.22. The van der Waals surface area contributed by atoms with Crippen molar-refractivity contribution < 1.29 is 21.9 Å². The van der Waals surface area contributed by atoms with Crippen LogP contribution in [0.5, 0.6) is 0 Å². The molecule has 0 rings (SSSR count). The van der Waals surface area contributed by atoms with Gasteiger partial charge in [0.2, 0.25) is 0 Å². The summed E-state index contributed by atoms with van der Waals surface area (Å²) in [5, 5.41) is 1.68. The Bertz CT molecular complexity index is 30.6. The van der Waals surface area contributed by atoms with Crippen molar-refractivity contribution in [1.82, 2.24) is 0 Å². The monoisotopic (exact) mass is 114 g/mol. The molecule has 0 bridgehead atoms. The van der Waals surface area contributed by atoms with Gasteiger partial charge < -0.3 is 4.79 Å². The molecule has 4 heteroatoms. The third kappa shape index (κ3) is 19.5. The molecule has 0 heterocycles. The van der Waals surface area contributed by atoms with E-state index in [1.54, 1.807) is 5.18 Å². The Kier molecular flexibility index (Phi) is 16.3. The molecule has 0 aromatic rings. The maximum Gasteiger partial charge on any atom is 0 e. The van der Waals surface area contributed by atoms with Gasteiger partial charge in [0.05, 0.1) is 0 Å². The molecule has 0 aliphatic heterocycles. The van der Waals surface area contributed by atoms with Gasteiger partial charge in [0.1, 0.15) is 0 Å². The predicted molar refractivity (Wildman–Crippen MR) is 11.5 cm³/mol. The quantitative estimate of drug-likeness (QED) is 0.269. The van der Waals surface area contributed by atoms with E-state index in [0.29, 0.717) is 0 Å². The van der Waals surface area contributed by atoms with Crippen molar-refractivity contribution in [1.29, 1.82) is 0 Å². The fourth-order valence-electron chi connectivity index (χ4n) is 0. The third-order valence-electron chi connectivity index (χ3n) is 0.0373. The van der Waals surface area contributed by atoms with Gasteiger partial charge in [0.25, 0.3) is 0 Å². The van der Waals surface area contributed by atoms with E-state index in [0.717, 1.165) is 6.41 Å². The van der Waals surface area contributed by atoms with Gasteiger partial charge in [-0.2, -0.15) is 4.91 Å². The molecule has 0 N–H and O–H groups in total. The molecule has 0 spiro atoms. The van der Waals surface area contributed by atoms with Gasteiger partial charge >= 0.3 is 0 Å². The molecule has 3 nitrogen and oxygen atoms in total. The average molecular weight is 114 g/mol. The molecule has 0 aromatic carbocycles. The van der Waals surface area contributed by atoms with Crippen molar-refractivity contribution in [2.45, 2.75) is 0 Å². The summed E-state index contributed by atoms with van der Waals surface area (Å²) in [6.07, 6.45) is 0.750. The van der Waals surface area contributed by atoms with Crippen LogP contribution in [0.4, 0.5) is 0 Å². The molecule has 0 fully saturated rings. The van der Waals surface area contributed by atoms with Crippen LogP contribution in [-0.2, 0) is 21.9 Å². The topological polar surface area (TPSA) is 46.5 Å². The first kappa shape index (κ1) is 8.84. The SMILES string of the molecule is O=[C-]N=O.[Fe]. The fourth-order valence-corrected chi connectivity index (χ4v) is 0. The van der Waals surface area contributed by atoms with E-state index in [4.69, 9.17) is 9.70 Å². The summed E-state index contributed by atoms with van der Waals surface area (Å²) < 4.78 is 0. The second-order valence-electron chi connectivity index (χ2n) is 0.183. The Balaban J connectivity index is 0. The van der Waals surface area contributed by atoms with Gasteiger partial charge in [0.15, 0.2) is 0 Å². The minimum absolute atomic E-state index is 0. The number of carbonyl (C=O) groups excluding carboxylic acids is 1. The van der Waals surface area contributed by atoms with Crippen molar-refractivity contribution in [2.75, 3.05) is 0 Å². The summed E-state index contributed by atoms with van der Waals surface area (Å²) in [4.78, 5) is 17.1. The van der Waals surface area contributed by atoms with Crippen LogP contribution in [0, 0.1) is 4.91 Å². The molecule has 0 atom stereocenters. The number of amides is 1.